The molecule has 0 radical (unpaired) electrons. The van der Waals surface area contributed by atoms with E-state index < -0.39 is 62.9 Å². The van der Waals surface area contributed by atoms with Crippen LogP contribution >= 0.6 is 0 Å². The zero-order chi connectivity index (χ0) is 38.9. The highest BCUT2D eigenvalue weighted by Gasteiger charge is 2.22. The minimum absolute atomic E-state index is 0.0368. The zero-order valence-corrected chi connectivity index (χ0v) is 30.1. The fourth-order valence-corrected chi connectivity index (χ4v) is 7.74. The second kappa shape index (κ2) is 14.8. The van der Waals surface area contributed by atoms with Gasteiger partial charge in [-0.15, -0.1) is 10.2 Å². The summed E-state index contributed by atoms with van der Waals surface area (Å²) < 4.78 is 116. The molecule has 54 heavy (non-hydrogen) atoms. The molecule has 0 fully saturated rings. The van der Waals surface area contributed by atoms with E-state index >= 15 is 0 Å². The van der Waals surface area contributed by atoms with Gasteiger partial charge >= 0.3 is 0 Å². The second-order valence-electron chi connectivity index (χ2n) is 11.0. The maximum atomic E-state index is 12.2. The van der Waals surface area contributed by atoms with Gasteiger partial charge in [0.25, 0.3) is 20.2 Å². The van der Waals surface area contributed by atoms with E-state index in [0.717, 1.165) is 24.3 Å². The van der Waals surface area contributed by atoms with Crippen LogP contribution in [0.2, 0.25) is 0 Å². The molecule has 18 nitrogen and oxygen atoms in total. The van der Waals surface area contributed by atoms with Crippen molar-refractivity contribution in [1.29, 1.82) is 0 Å². The average molecular weight is 811 g/mol. The molecule has 276 valence electrons. The van der Waals surface area contributed by atoms with Crippen molar-refractivity contribution in [2.75, 3.05) is 0 Å². The van der Waals surface area contributed by atoms with Crippen LogP contribution < -0.4 is 0 Å². The number of hydrogen-bond acceptors (Lipinski definition) is 16. The molecule has 0 spiro atoms. The van der Waals surface area contributed by atoms with Crippen LogP contribution in [0, 0.1) is 0 Å². The molecule has 0 aliphatic heterocycles. The molecule has 0 saturated carbocycles. The Kier molecular flexibility index (Phi) is 10.3. The molecule has 4 aromatic carbocycles. The SMILES string of the molecule is O=[SH](=O)c1cc(/N=N/c2cc(S(=O)(=O)O)c3cccnc3c2O)ccc1/C=C/c1ccc(/N=N/c2cc(S(=O)(=O)O)c3cccnc3c2O)cc1[SH](=O)=O. The van der Waals surface area contributed by atoms with Gasteiger partial charge in [0, 0.05) is 23.2 Å². The maximum absolute atomic E-state index is 12.2. The van der Waals surface area contributed by atoms with Gasteiger partial charge in [-0.1, -0.05) is 24.3 Å². The summed E-state index contributed by atoms with van der Waals surface area (Å²) in [6, 6.07) is 14.8. The van der Waals surface area contributed by atoms with Crippen molar-refractivity contribution in [3.05, 3.63) is 96.3 Å². The van der Waals surface area contributed by atoms with Crippen LogP contribution in [-0.4, -0.2) is 63.0 Å². The summed E-state index contributed by atoms with van der Waals surface area (Å²) in [6.07, 6.45) is 5.19. The number of benzene rings is 4. The van der Waals surface area contributed by atoms with Crippen LogP contribution in [0.25, 0.3) is 34.0 Å². The molecule has 2 heterocycles. The summed E-state index contributed by atoms with van der Waals surface area (Å²) >= 11 is 0. The van der Waals surface area contributed by atoms with Crippen LogP contribution in [0.1, 0.15) is 11.1 Å². The predicted molar refractivity (Wildman–Crippen MR) is 194 cm³/mol. The van der Waals surface area contributed by atoms with Crippen molar-refractivity contribution in [3.63, 3.8) is 0 Å². The molecule has 0 bridgehead atoms. The third-order valence-corrected chi connectivity index (χ3v) is 10.9. The Bertz CT molecular complexity index is 2800. The molecule has 0 aliphatic carbocycles. The zero-order valence-electron chi connectivity index (χ0n) is 26.7. The summed E-state index contributed by atoms with van der Waals surface area (Å²) in [4.78, 5) is 6.17. The van der Waals surface area contributed by atoms with Crippen molar-refractivity contribution in [2.45, 2.75) is 19.6 Å². The van der Waals surface area contributed by atoms with Gasteiger partial charge in [0.1, 0.15) is 32.2 Å². The van der Waals surface area contributed by atoms with Crippen molar-refractivity contribution >= 4 is 98.4 Å². The quantitative estimate of drug-likeness (QED) is 0.0423. The summed E-state index contributed by atoms with van der Waals surface area (Å²) in [6.45, 7) is 0. The summed E-state index contributed by atoms with van der Waals surface area (Å²) in [7, 11) is -16.0. The summed E-state index contributed by atoms with van der Waals surface area (Å²) in [5.74, 6) is -1.10. The molecule has 0 unspecified atom stereocenters. The molecule has 0 saturated heterocycles. The van der Waals surface area contributed by atoms with E-state index in [1.165, 1.54) is 73.1 Å². The van der Waals surface area contributed by atoms with Gasteiger partial charge in [-0.2, -0.15) is 27.1 Å². The number of aromatic hydroxyl groups is 2. The van der Waals surface area contributed by atoms with Gasteiger partial charge in [-0.05, 0) is 71.8 Å². The third kappa shape index (κ3) is 7.83. The fourth-order valence-electron chi connectivity index (χ4n) is 5.14. The minimum Gasteiger partial charge on any atom is -0.504 e. The topological polar surface area (TPSA) is 293 Å². The number of hydrogen-bond donors (Lipinski definition) is 6. The Morgan fingerprint density at radius 2 is 0.944 bits per heavy atom. The largest absolute Gasteiger partial charge is 0.504 e. The number of phenolic OH excluding ortho intramolecular Hbond substituents is 2. The number of pyridine rings is 2. The van der Waals surface area contributed by atoms with Gasteiger partial charge < -0.3 is 10.2 Å². The third-order valence-electron chi connectivity index (χ3n) is 7.58. The first-order chi connectivity index (χ1) is 25.5. The van der Waals surface area contributed by atoms with Gasteiger partial charge in [-0.3, -0.25) is 19.1 Å². The Hall–Kier alpha value is -6.04. The predicted octanol–water partition coefficient (Wildman–Crippen LogP) is 5.63. The normalized spacial score (nSPS) is 12.7. The molecular weight excluding hydrogens is 789 g/mol. The van der Waals surface area contributed by atoms with Gasteiger partial charge in [0.15, 0.2) is 32.9 Å². The van der Waals surface area contributed by atoms with Crippen LogP contribution in [0.15, 0.2) is 125 Å². The van der Waals surface area contributed by atoms with E-state index in [4.69, 9.17) is 0 Å². The van der Waals surface area contributed by atoms with E-state index in [0.29, 0.717) is 0 Å². The lowest BCUT2D eigenvalue weighted by Crippen LogP contribution is -1.99. The first-order valence-corrected chi connectivity index (χ1v) is 20.0. The minimum atomic E-state index is -4.77. The van der Waals surface area contributed by atoms with Gasteiger partial charge in [0.2, 0.25) is 0 Å². The van der Waals surface area contributed by atoms with E-state index in [9.17, 15) is 53.0 Å². The molecule has 2 aromatic heterocycles. The molecule has 0 atom stereocenters. The summed E-state index contributed by atoms with van der Waals surface area (Å²) in [5, 5.41) is 36.6. The fraction of sp³-hybridized carbons (Fsp3) is 0. The number of thiol groups is 2. The Morgan fingerprint density at radius 3 is 1.30 bits per heavy atom. The molecule has 6 rings (SSSR count). The monoisotopic (exact) mass is 810 g/mol. The number of aromatic nitrogens is 2. The Balaban J connectivity index is 1.30. The molecule has 22 heteroatoms. The smallest absolute Gasteiger partial charge is 0.295 e. The Morgan fingerprint density at radius 1 is 0.556 bits per heavy atom. The van der Waals surface area contributed by atoms with Crippen LogP contribution in [0.4, 0.5) is 22.7 Å². The van der Waals surface area contributed by atoms with Crippen LogP contribution in [-0.2, 0) is 41.6 Å². The lowest BCUT2D eigenvalue weighted by atomic mass is 10.1. The van der Waals surface area contributed by atoms with Crippen LogP contribution in [0.5, 0.6) is 11.5 Å². The van der Waals surface area contributed by atoms with Crippen molar-refractivity contribution in [3.8, 4) is 11.5 Å². The average Bonchev–Trinajstić information content (AvgIpc) is 3.12. The van der Waals surface area contributed by atoms with E-state index in [2.05, 4.69) is 30.4 Å². The van der Waals surface area contributed by atoms with E-state index in [-0.39, 0.29) is 65.5 Å². The van der Waals surface area contributed by atoms with Crippen LogP contribution in [0.3, 0.4) is 0 Å². The van der Waals surface area contributed by atoms with Gasteiger partial charge in [-0.25, -0.2) is 16.8 Å². The van der Waals surface area contributed by atoms with E-state index in [1.807, 2.05) is 0 Å². The first kappa shape index (κ1) is 37.7. The molecule has 0 aliphatic rings. The number of nitrogens with zero attached hydrogens (tertiary/aromatic N) is 6. The highest BCUT2D eigenvalue weighted by molar-refractivity contribution is 7.86. The number of phenols is 2. The second-order valence-corrected chi connectivity index (χ2v) is 15.7. The number of azo groups is 2. The lowest BCUT2D eigenvalue weighted by Gasteiger charge is -2.07. The highest BCUT2D eigenvalue weighted by atomic mass is 32.2. The van der Waals surface area contributed by atoms with E-state index in [1.54, 1.807) is 0 Å². The first-order valence-electron chi connectivity index (χ1n) is 14.8. The van der Waals surface area contributed by atoms with Crippen molar-refractivity contribution in [1.82, 2.24) is 9.97 Å². The van der Waals surface area contributed by atoms with Crippen molar-refractivity contribution < 1.29 is 53.0 Å². The maximum Gasteiger partial charge on any atom is 0.295 e. The number of fused-ring (bicyclic) bond motifs is 2. The summed E-state index contributed by atoms with van der Waals surface area (Å²) in [5.41, 5.74) is -0.988. The molecular formula is C32H22N6O12S4. The highest BCUT2D eigenvalue weighted by Crippen LogP contribution is 2.40. The lowest BCUT2D eigenvalue weighted by molar-refractivity contribution is 0.476. The number of rotatable bonds is 10. The molecule has 4 N–H and O–H groups in total. The molecule has 6 aromatic rings. The molecule has 0 amide bonds. The van der Waals surface area contributed by atoms with Gasteiger partial charge in [0.05, 0.1) is 21.2 Å². The standard InChI is InChI=1S/C32H22N6O12S4/c39-31-23(15-27(53(45,46)47)21-3-1-11-33-29(21)31)37-35-19-9-7-17(25(13-19)51(41)42)5-6-18-8-10-20(14-26(18)52(43)44)36-38-24-16-28(54(48,49)50)22-4-2-12-34-30(22)32(24)40/h1-16,39-40,51-52H,(H,45,46,47)(H,48,49,50)/b6-5+,37-35+,38-36+. The van der Waals surface area contributed by atoms with Crippen molar-refractivity contribution in [2.24, 2.45) is 20.5 Å². The Labute approximate surface area is 307 Å².